The zero-order valence-electron chi connectivity index (χ0n) is 19.6. The first-order chi connectivity index (χ1) is 17.2. The van der Waals surface area contributed by atoms with Gasteiger partial charge in [0.2, 0.25) is 0 Å². The van der Waals surface area contributed by atoms with Crippen molar-refractivity contribution in [3.8, 4) is 5.75 Å². The molecular weight excluding hydrogens is 546 g/mol. The second-order valence-electron chi connectivity index (χ2n) is 9.08. The van der Waals surface area contributed by atoms with E-state index in [1.54, 1.807) is 26.0 Å². The van der Waals surface area contributed by atoms with Gasteiger partial charge in [0.25, 0.3) is 5.79 Å². The van der Waals surface area contributed by atoms with Gasteiger partial charge < -0.3 is 19.2 Å². The lowest BCUT2D eigenvalue weighted by Crippen LogP contribution is -2.48. The first kappa shape index (κ1) is 24.4. The number of cyclic esters (lactones) is 2. The summed E-state index contributed by atoms with van der Waals surface area (Å²) in [5.74, 6) is -4.03. The third-order valence-electron chi connectivity index (χ3n) is 6.10. The fraction of sp³-hybridized carbons (Fsp3) is 0.214. The van der Waals surface area contributed by atoms with E-state index >= 15 is 0 Å². The average Bonchev–Trinajstić information content (AvgIpc) is 3.25. The average molecular weight is 569 g/mol. The maximum Gasteiger partial charge on any atom is 0.324 e. The van der Waals surface area contributed by atoms with Crippen molar-refractivity contribution >= 4 is 50.4 Å². The number of H-pyrrole nitrogens is 1. The van der Waals surface area contributed by atoms with Crippen LogP contribution in [0.3, 0.4) is 0 Å². The number of para-hydroxylation sites is 1. The number of halogens is 2. The molecule has 1 aliphatic rings. The van der Waals surface area contributed by atoms with Gasteiger partial charge in [0.1, 0.15) is 12.4 Å². The highest BCUT2D eigenvalue weighted by atomic mass is 79.9. The van der Waals surface area contributed by atoms with E-state index in [0.717, 1.165) is 26.5 Å². The van der Waals surface area contributed by atoms with E-state index in [1.807, 2.05) is 60.8 Å². The number of benzene rings is 3. The van der Waals surface area contributed by atoms with Gasteiger partial charge in [-0.25, -0.2) is 0 Å². The lowest BCUT2D eigenvalue weighted by molar-refractivity contribution is -0.240. The minimum atomic E-state index is -1.33. The number of carbonyl (C=O) groups is 2. The molecule has 1 saturated heterocycles. The Balaban J connectivity index is 1.63. The number of rotatable bonds is 6. The number of nitrogens with one attached hydrogen (secondary N) is 1. The van der Waals surface area contributed by atoms with Gasteiger partial charge in [-0.15, -0.1) is 0 Å². The molecule has 1 aliphatic heterocycles. The number of aromatic nitrogens is 1. The fourth-order valence-corrected chi connectivity index (χ4v) is 5.02. The minimum absolute atomic E-state index is 0.277. The van der Waals surface area contributed by atoms with E-state index in [-0.39, 0.29) is 6.61 Å². The molecule has 1 N–H and O–H groups in total. The summed E-state index contributed by atoms with van der Waals surface area (Å²) < 4.78 is 18.1. The molecule has 0 unspecified atom stereocenters. The zero-order chi connectivity index (χ0) is 25.4. The SMILES string of the molecule is CC1(C)OC(=O)C([C@@H](c2cc(Br)ccc2OCc2ccc(Cl)cc2)c2c[nH]c3ccccc23)C(=O)O1. The smallest absolute Gasteiger partial charge is 0.324 e. The molecule has 2 heterocycles. The van der Waals surface area contributed by atoms with Gasteiger partial charge in [-0.2, -0.15) is 0 Å². The Morgan fingerprint density at radius 2 is 1.69 bits per heavy atom. The molecule has 184 valence electrons. The number of ether oxygens (including phenoxy) is 3. The zero-order valence-corrected chi connectivity index (χ0v) is 21.9. The predicted molar refractivity (Wildman–Crippen MR) is 140 cm³/mol. The molecule has 0 aliphatic carbocycles. The van der Waals surface area contributed by atoms with E-state index < -0.39 is 29.6 Å². The van der Waals surface area contributed by atoms with Crippen molar-refractivity contribution in [1.29, 1.82) is 0 Å². The monoisotopic (exact) mass is 567 g/mol. The van der Waals surface area contributed by atoms with Crippen molar-refractivity contribution < 1.29 is 23.8 Å². The van der Waals surface area contributed by atoms with Gasteiger partial charge in [-0.1, -0.05) is 57.9 Å². The predicted octanol–water partition coefficient (Wildman–Crippen LogP) is 6.75. The highest BCUT2D eigenvalue weighted by Gasteiger charge is 2.49. The quantitative estimate of drug-likeness (QED) is 0.206. The maximum absolute atomic E-state index is 13.3. The Morgan fingerprint density at radius 3 is 2.42 bits per heavy atom. The minimum Gasteiger partial charge on any atom is -0.489 e. The molecule has 6 nitrogen and oxygen atoms in total. The Kier molecular flexibility index (Phi) is 6.53. The van der Waals surface area contributed by atoms with E-state index in [1.165, 1.54) is 0 Å². The van der Waals surface area contributed by atoms with Crippen molar-refractivity contribution in [2.75, 3.05) is 0 Å². The van der Waals surface area contributed by atoms with Crippen LogP contribution in [-0.2, 0) is 25.7 Å². The number of hydrogen-bond acceptors (Lipinski definition) is 5. The number of aromatic amines is 1. The molecule has 3 aromatic carbocycles. The van der Waals surface area contributed by atoms with Gasteiger partial charge in [0.05, 0.1) is 0 Å². The third kappa shape index (κ3) is 4.86. The van der Waals surface area contributed by atoms with Gasteiger partial charge in [0, 0.05) is 51.9 Å². The topological polar surface area (TPSA) is 77.6 Å². The normalized spacial score (nSPS) is 16.4. The van der Waals surface area contributed by atoms with Gasteiger partial charge in [-0.3, -0.25) is 9.59 Å². The van der Waals surface area contributed by atoms with Crippen molar-refractivity contribution in [2.45, 2.75) is 32.2 Å². The molecule has 0 saturated carbocycles. The van der Waals surface area contributed by atoms with E-state index in [2.05, 4.69) is 20.9 Å². The Morgan fingerprint density at radius 1 is 1.00 bits per heavy atom. The van der Waals surface area contributed by atoms with Crippen LogP contribution >= 0.6 is 27.5 Å². The second kappa shape index (κ2) is 9.64. The van der Waals surface area contributed by atoms with E-state index in [0.29, 0.717) is 16.3 Å². The van der Waals surface area contributed by atoms with Crippen molar-refractivity contribution in [1.82, 2.24) is 4.98 Å². The largest absolute Gasteiger partial charge is 0.489 e. The van der Waals surface area contributed by atoms with Gasteiger partial charge in [-0.05, 0) is 47.5 Å². The summed E-state index contributed by atoms with van der Waals surface area (Å²) in [5.41, 5.74) is 3.23. The van der Waals surface area contributed by atoms with E-state index in [4.69, 9.17) is 25.8 Å². The highest BCUT2D eigenvalue weighted by Crippen LogP contribution is 2.44. The summed E-state index contributed by atoms with van der Waals surface area (Å²) >= 11 is 9.56. The molecule has 0 amide bonds. The molecule has 0 spiro atoms. The van der Waals surface area contributed by atoms with Crippen molar-refractivity contribution in [2.24, 2.45) is 5.92 Å². The summed E-state index contributed by atoms with van der Waals surface area (Å²) in [6.07, 6.45) is 1.82. The Bertz CT molecular complexity index is 1430. The Labute approximate surface area is 221 Å². The van der Waals surface area contributed by atoms with E-state index in [9.17, 15) is 9.59 Å². The first-order valence-corrected chi connectivity index (χ1v) is 12.6. The molecule has 36 heavy (non-hydrogen) atoms. The highest BCUT2D eigenvalue weighted by molar-refractivity contribution is 9.10. The molecular formula is C28H23BrClNO5. The molecule has 1 aromatic heterocycles. The van der Waals surface area contributed by atoms with Crippen LogP contribution in [0.25, 0.3) is 10.9 Å². The molecule has 1 fully saturated rings. The van der Waals surface area contributed by atoms with Crippen LogP contribution in [0.1, 0.15) is 36.5 Å². The second-order valence-corrected chi connectivity index (χ2v) is 10.4. The van der Waals surface area contributed by atoms with Gasteiger partial charge in [0.15, 0.2) is 5.92 Å². The third-order valence-corrected chi connectivity index (χ3v) is 6.85. The fourth-order valence-electron chi connectivity index (χ4n) is 4.51. The lowest BCUT2D eigenvalue weighted by atomic mass is 9.79. The van der Waals surface area contributed by atoms with Crippen LogP contribution < -0.4 is 4.74 Å². The molecule has 8 heteroatoms. The van der Waals surface area contributed by atoms with Crippen LogP contribution in [-0.4, -0.2) is 22.7 Å². The lowest BCUT2D eigenvalue weighted by Gasteiger charge is -2.36. The molecule has 1 atom stereocenters. The van der Waals surface area contributed by atoms with Gasteiger partial charge >= 0.3 is 11.9 Å². The summed E-state index contributed by atoms with van der Waals surface area (Å²) in [6, 6.07) is 20.6. The molecule has 0 radical (unpaired) electrons. The van der Waals surface area contributed by atoms with Crippen LogP contribution in [0.4, 0.5) is 0 Å². The van der Waals surface area contributed by atoms with Crippen LogP contribution in [0, 0.1) is 5.92 Å². The number of carbonyl (C=O) groups excluding carboxylic acids is 2. The molecule has 0 bridgehead atoms. The summed E-state index contributed by atoms with van der Waals surface area (Å²) in [5, 5.41) is 1.52. The van der Waals surface area contributed by atoms with Crippen molar-refractivity contribution in [3.63, 3.8) is 0 Å². The van der Waals surface area contributed by atoms with Crippen LogP contribution in [0.2, 0.25) is 5.02 Å². The Hall–Kier alpha value is -3.29. The van der Waals surface area contributed by atoms with Crippen molar-refractivity contribution in [3.05, 3.63) is 99.1 Å². The van der Waals surface area contributed by atoms with Crippen LogP contribution in [0.15, 0.2) is 77.4 Å². The standard InChI is InChI=1S/C28H23BrClNO5/c1-28(2)35-26(32)25(27(33)36-28)24(21-14-31-22-6-4-3-5-19(21)22)20-13-17(29)9-12-23(20)34-15-16-7-10-18(30)11-8-16/h3-14,24-25,31H,15H2,1-2H3/t24-/m0/s1. The van der Waals surface area contributed by atoms with Crippen LogP contribution in [0.5, 0.6) is 5.75 Å². The number of fused-ring (bicyclic) bond motifs is 1. The molecule has 5 rings (SSSR count). The summed E-state index contributed by atoms with van der Waals surface area (Å²) in [4.78, 5) is 29.8. The molecule has 4 aromatic rings. The first-order valence-electron chi connectivity index (χ1n) is 11.4. The summed E-state index contributed by atoms with van der Waals surface area (Å²) in [6.45, 7) is 3.36. The number of esters is 2. The number of hydrogen-bond donors (Lipinski definition) is 1. The maximum atomic E-state index is 13.3. The summed E-state index contributed by atoms with van der Waals surface area (Å²) in [7, 11) is 0.